The first-order chi connectivity index (χ1) is 13.4. The third-order valence-electron chi connectivity index (χ3n) is 3.94. The van der Waals surface area contributed by atoms with Gasteiger partial charge in [-0.2, -0.15) is 0 Å². The van der Waals surface area contributed by atoms with Gasteiger partial charge >= 0.3 is 19.8 Å². The average Bonchev–Trinajstić information content (AvgIpc) is 2.60. The maximum Gasteiger partial charge on any atom is 0.472 e. The number of phosphoric ester groups is 1. The zero-order valence-electron chi connectivity index (χ0n) is 18.5. The monoisotopic (exact) mass is 439 g/mol. The Morgan fingerprint density at radius 1 is 0.897 bits per heavy atom. The van der Waals surface area contributed by atoms with Crippen LogP contribution in [0.5, 0.6) is 0 Å². The maximum atomic E-state index is 12.3. The Morgan fingerprint density at radius 3 is 1.90 bits per heavy atom. The predicted molar refractivity (Wildman–Crippen MR) is 109 cm³/mol. The van der Waals surface area contributed by atoms with Crippen LogP contribution in [0.2, 0.25) is 0 Å². The Labute approximate surface area is 174 Å². The molecule has 0 saturated carbocycles. The minimum Gasteiger partial charge on any atom is -0.461 e. The molecule has 9 nitrogen and oxygen atoms in total. The molecule has 0 spiro atoms. The lowest BCUT2D eigenvalue weighted by Crippen LogP contribution is -2.33. The van der Waals surface area contributed by atoms with Crippen molar-refractivity contribution in [3.05, 3.63) is 0 Å². The summed E-state index contributed by atoms with van der Waals surface area (Å²) < 4.78 is 32.0. The summed E-state index contributed by atoms with van der Waals surface area (Å²) in [7, 11) is -4.35. The van der Waals surface area contributed by atoms with Crippen LogP contribution in [-0.4, -0.2) is 49.3 Å². The molecule has 0 aromatic carbocycles. The fourth-order valence-corrected chi connectivity index (χ4v) is 3.47. The van der Waals surface area contributed by atoms with Crippen molar-refractivity contribution in [3.63, 3.8) is 0 Å². The first-order valence-corrected chi connectivity index (χ1v) is 11.6. The van der Waals surface area contributed by atoms with Gasteiger partial charge in [0.15, 0.2) is 6.10 Å². The summed E-state index contributed by atoms with van der Waals surface area (Å²) in [6.07, 6.45) is 0.244. The van der Waals surface area contributed by atoms with E-state index in [9.17, 15) is 19.0 Å². The van der Waals surface area contributed by atoms with Crippen LogP contribution in [0, 0.1) is 23.7 Å². The van der Waals surface area contributed by atoms with E-state index in [2.05, 4.69) is 4.52 Å². The molecule has 0 aliphatic rings. The van der Waals surface area contributed by atoms with Gasteiger partial charge in [0.1, 0.15) is 6.61 Å². The SMILES string of the molecule is CC(C)CC(C)C(=O)OC[C@H](COP(=O)(O)OCCN)OC(=O)C(C)CC(C)C. The molecule has 0 aromatic rings. The van der Waals surface area contributed by atoms with Gasteiger partial charge in [0, 0.05) is 6.54 Å². The van der Waals surface area contributed by atoms with Gasteiger partial charge < -0.3 is 20.1 Å². The van der Waals surface area contributed by atoms with Gasteiger partial charge in [-0.25, -0.2) is 4.57 Å². The molecule has 0 radical (unpaired) electrons. The van der Waals surface area contributed by atoms with Crippen molar-refractivity contribution >= 4 is 19.8 Å². The van der Waals surface area contributed by atoms with Gasteiger partial charge in [0.25, 0.3) is 0 Å². The second kappa shape index (κ2) is 14.1. The molecule has 29 heavy (non-hydrogen) atoms. The molecule has 0 aliphatic heterocycles. The number of carbonyl (C=O) groups is 2. The molecule has 3 N–H and O–H groups in total. The molecule has 0 fully saturated rings. The van der Waals surface area contributed by atoms with E-state index < -0.39 is 32.5 Å². The number of phosphoric acid groups is 1. The molecule has 4 atom stereocenters. The van der Waals surface area contributed by atoms with E-state index >= 15 is 0 Å². The zero-order chi connectivity index (χ0) is 22.6. The smallest absolute Gasteiger partial charge is 0.461 e. The van der Waals surface area contributed by atoms with Crippen LogP contribution in [0.1, 0.15) is 54.4 Å². The molecule has 3 unspecified atom stereocenters. The molecular weight excluding hydrogens is 401 g/mol. The van der Waals surface area contributed by atoms with Gasteiger partial charge in [-0.15, -0.1) is 0 Å². The number of nitrogens with two attached hydrogens (primary N) is 1. The van der Waals surface area contributed by atoms with E-state index in [4.69, 9.17) is 19.7 Å². The van der Waals surface area contributed by atoms with Crippen LogP contribution in [0.15, 0.2) is 0 Å². The van der Waals surface area contributed by atoms with Crippen LogP contribution in [0.25, 0.3) is 0 Å². The highest BCUT2D eigenvalue weighted by Crippen LogP contribution is 2.43. The van der Waals surface area contributed by atoms with Crippen molar-refractivity contribution in [3.8, 4) is 0 Å². The van der Waals surface area contributed by atoms with Crippen LogP contribution in [0.4, 0.5) is 0 Å². The second-order valence-electron chi connectivity index (χ2n) is 8.14. The number of rotatable bonds is 15. The van der Waals surface area contributed by atoms with E-state index in [1.165, 1.54) is 0 Å². The first kappa shape index (κ1) is 28.0. The van der Waals surface area contributed by atoms with Crippen molar-refractivity contribution in [1.82, 2.24) is 0 Å². The fourth-order valence-electron chi connectivity index (χ4n) is 2.70. The highest BCUT2D eigenvalue weighted by Gasteiger charge is 2.28. The number of ether oxygens (including phenoxy) is 2. The van der Waals surface area contributed by atoms with Crippen molar-refractivity contribution < 1.29 is 37.6 Å². The van der Waals surface area contributed by atoms with Crippen LogP contribution in [-0.2, 0) is 32.7 Å². The van der Waals surface area contributed by atoms with Gasteiger partial charge in [-0.1, -0.05) is 41.5 Å². The lowest BCUT2D eigenvalue weighted by atomic mass is 9.99. The number of esters is 2. The second-order valence-corrected chi connectivity index (χ2v) is 9.59. The summed E-state index contributed by atoms with van der Waals surface area (Å²) in [4.78, 5) is 34.1. The molecule has 0 saturated heterocycles. The van der Waals surface area contributed by atoms with E-state index in [0.717, 1.165) is 0 Å². The Bertz CT molecular complexity index is 540. The first-order valence-electron chi connectivity index (χ1n) is 10.1. The lowest BCUT2D eigenvalue weighted by Gasteiger charge is -2.22. The number of hydrogen-bond acceptors (Lipinski definition) is 8. The molecule has 0 heterocycles. The van der Waals surface area contributed by atoms with Crippen LogP contribution < -0.4 is 5.73 Å². The Kier molecular flexibility index (Phi) is 13.6. The van der Waals surface area contributed by atoms with Gasteiger partial charge in [0.05, 0.1) is 25.0 Å². The maximum absolute atomic E-state index is 12.3. The van der Waals surface area contributed by atoms with Gasteiger partial charge in [-0.3, -0.25) is 18.6 Å². The molecule has 0 rings (SSSR count). The highest BCUT2D eigenvalue weighted by molar-refractivity contribution is 7.47. The molecule has 0 bridgehead atoms. The van der Waals surface area contributed by atoms with E-state index in [1.807, 2.05) is 27.7 Å². The van der Waals surface area contributed by atoms with Gasteiger partial charge in [0.2, 0.25) is 0 Å². The fraction of sp³-hybridized carbons (Fsp3) is 0.895. The zero-order valence-corrected chi connectivity index (χ0v) is 19.4. The van der Waals surface area contributed by atoms with E-state index in [0.29, 0.717) is 24.7 Å². The highest BCUT2D eigenvalue weighted by atomic mass is 31.2. The summed E-state index contributed by atoms with van der Waals surface area (Å²) in [5.41, 5.74) is 5.23. The Hall–Kier alpha value is -0.990. The quantitative estimate of drug-likeness (QED) is 0.292. The van der Waals surface area contributed by atoms with Gasteiger partial charge in [-0.05, 0) is 24.7 Å². The standard InChI is InChI=1S/C19H38NO8P/c1-13(2)9-15(5)18(21)25-11-17(12-27-29(23,24)26-8-7-20)28-19(22)16(6)10-14(3)4/h13-17H,7-12,20H2,1-6H3,(H,23,24)/t15?,16?,17-/m1/s1. The van der Waals surface area contributed by atoms with Crippen LogP contribution >= 0.6 is 7.82 Å². The normalized spacial score (nSPS) is 16.9. The Balaban J connectivity index is 4.92. The molecule has 10 heteroatoms. The summed E-state index contributed by atoms with van der Waals surface area (Å²) in [5.74, 6) is -0.988. The number of carbonyl (C=O) groups excluding carboxylic acids is 2. The Morgan fingerprint density at radius 2 is 1.41 bits per heavy atom. The van der Waals surface area contributed by atoms with E-state index in [-0.39, 0.29) is 31.6 Å². The van der Waals surface area contributed by atoms with Crippen molar-refractivity contribution in [2.45, 2.75) is 60.5 Å². The molecule has 172 valence electrons. The summed E-state index contributed by atoms with van der Waals surface area (Å²) in [5, 5.41) is 0. The summed E-state index contributed by atoms with van der Waals surface area (Å²) >= 11 is 0. The predicted octanol–water partition coefficient (Wildman–Crippen LogP) is 2.90. The van der Waals surface area contributed by atoms with E-state index in [1.54, 1.807) is 13.8 Å². The average molecular weight is 439 g/mol. The third kappa shape index (κ3) is 13.8. The molecule has 0 aromatic heterocycles. The van der Waals surface area contributed by atoms with Crippen molar-refractivity contribution in [2.24, 2.45) is 29.4 Å². The van der Waals surface area contributed by atoms with Crippen molar-refractivity contribution in [1.29, 1.82) is 0 Å². The largest absolute Gasteiger partial charge is 0.472 e. The molecule has 0 aliphatic carbocycles. The van der Waals surface area contributed by atoms with Crippen LogP contribution in [0.3, 0.4) is 0 Å². The minimum atomic E-state index is -4.35. The lowest BCUT2D eigenvalue weighted by molar-refractivity contribution is -0.166. The minimum absolute atomic E-state index is 0.0460. The summed E-state index contributed by atoms with van der Waals surface area (Å²) in [6.45, 7) is 10.6. The molecular formula is C19H38NO8P. The van der Waals surface area contributed by atoms with Crippen molar-refractivity contribution in [2.75, 3.05) is 26.4 Å². The molecule has 0 amide bonds. The number of hydrogen-bond donors (Lipinski definition) is 2. The topological polar surface area (TPSA) is 134 Å². The summed E-state index contributed by atoms with van der Waals surface area (Å²) in [6, 6.07) is 0. The third-order valence-corrected chi connectivity index (χ3v) is 4.93.